The Labute approximate surface area is 210 Å². The van der Waals surface area contributed by atoms with E-state index in [1.165, 1.54) is 16.7 Å². The van der Waals surface area contributed by atoms with Gasteiger partial charge in [0.2, 0.25) is 0 Å². The highest BCUT2D eigenvalue weighted by Crippen LogP contribution is 2.32. The first kappa shape index (κ1) is 26.8. The van der Waals surface area contributed by atoms with Crippen molar-refractivity contribution in [2.45, 2.75) is 44.7 Å². The summed E-state index contributed by atoms with van der Waals surface area (Å²) >= 11 is 0. The van der Waals surface area contributed by atoms with Crippen molar-refractivity contribution in [2.24, 2.45) is 0 Å². The second kappa shape index (κ2) is 10.3. The largest absolute Gasteiger partial charge is 0.423 e. The molecule has 0 saturated heterocycles. The summed E-state index contributed by atoms with van der Waals surface area (Å²) in [4.78, 5) is 32.0. The maximum Gasteiger partial charge on any atom is 0.423 e. The van der Waals surface area contributed by atoms with E-state index in [-0.39, 0.29) is 17.9 Å². The first-order valence-corrected chi connectivity index (χ1v) is 11.3. The second-order valence-corrected chi connectivity index (χ2v) is 8.58. The smallest absolute Gasteiger partial charge is 0.381 e. The molecule has 38 heavy (non-hydrogen) atoms. The minimum absolute atomic E-state index is 0.0786. The number of anilines is 1. The summed E-state index contributed by atoms with van der Waals surface area (Å²) in [6, 6.07) is 5.89. The van der Waals surface area contributed by atoms with Crippen molar-refractivity contribution >= 4 is 16.5 Å². The van der Waals surface area contributed by atoms with Crippen LogP contribution in [0.3, 0.4) is 0 Å². The minimum Gasteiger partial charge on any atom is -0.381 e. The Kier molecular flexibility index (Phi) is 7.24. The Morgan fingerprint density at radius 1 is 1.00 bits per heavy atom. The van der Waals surface area contributed by atoms with Crippen LogP contribution >= 0.6 is 0 Å². The van der Waals surface area contributed by atoms with Gasteiger partial charge in [-0.2, -0.15) is 31.4 Å². The van der Waals surface area contributed by atoms with E-state index in [1.54, 1.807) is 30.4 Å². The van der Waals surface area contributed by atoms with Crippen LogP contribution in [0.2, 0.25) is 0 Å². The van der Waals surface area contributed by atoms with Gasteiger partial charge in [0, 0.05) is 42.1 Å². The molecule has 14 heteroatoms. The van der Waals surface area contributed by atoms with Gasteiger partial charge in [-0.15, -0.1) is 0 Å². The van der Waals surface area contributed by atoms with Crippen molar-refractivity contribution in [1.29, 1.82) is 0 Å². The zero-order valence-corrected chi connectivity index (χ0v) is 19.7. The Balaban J connectivity index is 1.43. The summed E-state index contributed by atoms with van der Waals surface area (Å²) in [5.41, 5.74) is -3.96. The van der Waals surface area contributed by atoms with Crippen LogP contribution in [-0.4, -0.2) is 30.8 Å². The van der Waals surface area contributed by atoms with Gasteiger partial charge in [-0.25, -0.2) is 15.1 Å². The fourth-order valence-electron chi connectivity index (χ4n) is 3.92. The first-order valence-electron chi connectivity index (χ1n) is 11.3. The normalized spacial score (nSPS) is 13.0. The Hall–Kier alpha value is -4.23. The standard InChI is InChI=1S/C24H20F6N6O2/c1-13(34-18-12-33-35-21(37)19(18)24(28,29)30)3-2-7-36-8-6-14-9-15(4-5-17(14)22(36)38)20-31-10-16(11-32-20)23(25,26)27/h4-6,8-13H,2-3,7H2,1H3,(H2,34,35,37)/t13-/m0/s1. The molecule has 200 valence electrons. The lowest BCUT2D eigenvalue weighted by Crippen LogP contribution is -2.27. The number of hydrogen-bond acceptors (Lipinski definition) is 6. The third kappa shape index (κ3) is 5.84. The van der Waals surface area contributed by atoms with Crippen LogP contribution in [0.1, 0.15) is 30.9 Å². The van der Waals surface area contributed by atoms with Crippen LogP contribution < -0.4 is 16.4 Å². The number of aromatic amines is 1. The van der Waals surface area contributed by atoms with Crippen molar-refractivity contribution in [2.75, 3.05) is 5.32 Å². The predicted octanol–water partition coefficient (Wildman–Crippen LogP) is 4.86. The van der Waals surface area contributed by atoms with Crippen LogP contribution in [-0.2, 0) is 18.9 Å². The van der Waals surface area contributed by atoms with Crippen molar-refractivity contribution < 1.29 is 26.3 Å². The molecule has 3 heterocycles. The number of halogens is 6. The third-order valence-corrected chi connectivity index (χ3v) is 5.79. The second-order valence-electron chi connectivity index (χ2n) is 8.58. The van der Waals surface area contributed by atoms with Crippen molar-refractivity contribution in [1.82, 2.24) is 24.7 Å². The van der Waals surface area contributed by atoms with E-state index in [0.29, 0.717) is 41.6 Å². The van der Waals surface area contributed by atoms with E-state index in [4.69, 9.17) is 0 Å². The maximum atomic E-state index is 13.2. The molecule has 0 unspecified atom stereocenters. The number of nitrogens with one attached hydrogen (secondary N) is 2. The predicted molar refractivity (Wildman–Crippen MR) is 126 cm³/mol. The molecule has 0 aliphatic carbocycles. The summed E-state index contributed by atoms with van der Waals surface area (Å²) in [7, 11) is 0. The van der Waals surface area contributed by atoms with E-state index in [2.05, 4.69) is 20.4 Å². The molecule has 1 atom stereocenters. The summed E-state index contributed by atoms with van der Waals surface area (Å²) in [5.74, 6) is 0.0786. The first-order chi connectivity index (χ1) is 17.8. The van der Waals surface area contributed by atoms with Crippen LogP contribution in [0.4, 0.5) is 32.0 Å². The van der Waals surface area contributed by atoms with Gasteiger partial charge in [0.1, 0.15) is 5.56 Å². The lowest BCUT2D eigenvalue weighted by molar-refractivity contribution is -0.139. The zero-order chi connectivity index (χ0) is 27.7. The highest BCUT2D eigenvalue weighted by Gasteiger charge is 2.37. The summed E-state index contributed by atoms with van der Waals surface area (Å²) in [6.45, 7) is 1.93. The van der Waals surface area contributed by atoms with E-state index < -0.39 is 40.8 Å². The number of fused-ring (bicyclic) bond motifs is 1. The average molecular weight is 538 g/mol. The number of alkyl halides is 6. The molecule has 0 aliphatic rings. The van der Waals surface area contributed by atoms with Gasteiger partial charge in [-0.05, 0) is 43.4 Å². The Bertz CT molecular complexity index is 1560. The number of aryl methyl sites for hydroxylation is 1. The molecule has 0 saturated carbocycles. The molecule has 0 radical (unpaired) electrons. The molecule has 0 bridgehead atoms. The fourth-order valence-corrected chi connectivity index (χ4v) is 3.92. The highest BCUT2D eigenvalue weighted by molar-refractivity contribution is 5.85. The number of pyridine rings is 1. The van der Waals surface area contributed by atoms with Gasteiger partial charge >= 0.3 is 12.4 Å². The number of H-pyrrole nitrogens is 1. The summed E-state index contributed by atoms with van der Waals surface area (Å²) < 4.78 is 79.3. The molecule has 0 aliphatic heterocycles. The number of hydrogen-bond donors (Lipinski definition) is 2. The highest BCUT2D eigenvalue weighted by atomic mass is 19.4. The minimum atomic E-state index is -4.85. The third-order valence-electron chi connectivity index (χ3n) is 5.79. The maximum absolute atomic E-state index is 13.2. The number of aromatic nitrogens is 5. The SMILES string of the molecule is C[C@@H](CCCn1ccc2cc(-c3ncc(C(F)(F)F)cn3)ccc2c1=O)Nc1cn[nH]c(=O)c1C(F)(F)F. The zero-order valence-electron chi connectivity index (χ0n) is 19.7. The average Bonchev–Trinajstić information content (AvgIpc) is 2.84. The molecule has 1 aromatic carbocycles. The van der Waals surface area contributed by atoms with Gasteiger partial charge in [-0.3, -0.25) is 9.59 Å². The van der Waals surface area contributed by atoms with Crippen molar-refractivity contribution in [3.05, 3.63) is 80.9 Å². The van der Waals surface area contributed by atoms with Crippen molar-refractivity contribution in [3.63, 3.8) is 0 Å². The molecule has 2 N–H and O–H groups in total. The molecule has 4 rings (SSSR count). The van der Waals surface area contributed by atoms with Crippen LogP contribution in [0, 0.1) is 0 Å². The topological polar surface area (TPSA) is 106 Å². The van der Waals surface area contributed by atoms with E-state index in [0.717, 1.165) is 6.20 Å². The molecular formula is C24H20F6N6O2. The van der Waals surface area contributed by atoms with Gasteiger partial charge in [0.25, 0.3) is 11.1 Å². The van der Waals surface area contributed by atoms with E-state index >= 15 is 0 Å². The number of rotatable bonds is 7. The molecule has 0 spiro atoms. The van der Waals surface area contributed by atoms with E-state index in [1.807, 2.05) is 0 Å². The molecule has 0 fully saturated rings. The lowest BCUT2D eigenvalue weighted by Gasteiger charge is -2.18. The number of benzene rings is 1. The monoisotopic (exact) mass is 538 g/mol. The Morgan fingerprint density at radius 2 is 1.71 bits per heavy atom. The fraction of sp³-hybridized carbons (Fsp3) is 0.292. The number of nitrogens with zero attached hydrogens (tertiary/aromatic N) is 4. The molecular weight excluding hydrogens is 518 g/mol. The lowest BCUT2D eigenvalue weighted by atomic mass is 10.1. The molecule has 0 amide bonds. The van der Waals surface area contributed by atoms with E-state index in [9.17, 15) is 35.9 Å². The molecule has 3 aromatic heterocycles. The van der Waals surface area contributed by atoms with Crippen molar-refractivity contribution in [3.8, 4) is 11.4 Å². The van der Waals surface area contributed by atoms with Gasteiger partial charge < -0.3 is 9.88 Å². The molecule has 4 aromatic rings. The van der Waals surface area contributed by atoms with Crippen LogP contribution in [0.15, 0.2) is 58.6 Å². The summed E-state index contributed by atoms with van der Waals surface area (Å²) in [5, 5.41) is 8.77. The van der Waals surface area contributed by atoms with Gasteiger partial charge in [0.05, 0.1) is 17.4 Å². The van der Waals surface area contributed by atoms with Crippen LogP contribution in [0.25, 0.3) is 22.2 Å². The van der Waals surface area contributed by atoms with Crippen LogP contribution in [0.5, 0.6) is 0 Å². The van der Waals surface area contributed by atoms with Gasteiger partial charge in [-0.1, -0.05) is 6.07 Å². The Morgan fingerprint density at radius 3 is 2.37 bits per heavy atom. The van der Waals surface area contributed by atoms with Gasteiger partial charge in [0.15, 0.2) is 5.82 Å². The molecule has 8 nitrogen and oxygen atoms in total. The quantitative estimate of drug-likeness (QED) is 0.326. The summed E-state index contributed by atoms with van der Waals surface area (Å²) in [6.07, 6.45) is -4.73.